The summed E-state index contributed by atoms with van der Waals surface area (Å²) in [5, 5.41) is 2.59. The Morgan fingerprint density at radius 1 is 1.07 bits per heavy atom. The number of nitrogens with zero attached hydrogens (tertiary/aromatic N) is 1. The Bertz CT molecular complexity index is 1160. The minimum Gasteiger partial charge on any atom is -0.379 e. The van der Waals surface area contributed by atoms with Gasteiger partial charge in [0.1, 0.15) is 4.90 Å². The predicted molar refractivity (Wildman–Crippen MR) is 113 cm³/mol. The third kappa shape index (κ3) is 4.68. The van der Waals surface area contributed by atoms with Crippen molar-refractivity contribution in [3.63, 3.8) is 0 Å². The van der Waals surface area contributed by atoms with Gasteiger partial charge in [-0.3, -0.25) is 4.79 Å². The summed E-state index contributed by atoms with van der Waals surface area (Å²) in [5.74, 6) is -0.820. The molecule has 0 bridgehead atoms. The van der Waals surface area contributed by atoms with Gasteiger partial charge in [0, 0.05) is 18.8 Å². The fourth-order valence-corrected chi connectivity index (χ4v) is 5.99. The molecule has 0 radical (unpaired) electrons. The van der Waals surface area contributed by atoms with Crippen LogP contribution in [-0.4, -0.2) is 59.1 Å². The van der Waals surface area contributed by atoms with Gasteiger partial charge < -0.3 is 10.1 Å². The molecule has 1 N–H and O–H groups in total. The number of anilines is 1. The van der Waals surface area contributed by atoms with E-state index in [0.717, 1.165) is 0 Å². The lowest BCUT2D eigenvalue weighted by atomic mass is 10.2. The molecule has 2 aromatic carbocycles. The van der Waals surface area contributed by atoms with Gasteiger partial charge in [0.25, 0.3) is 5.91 Å². The number of rotatable bonds is 6. The van der Waals surface area contributed by atoms with E-state index in [2.05, 4.69) is 5.32 Å². The van der Waals surface area contributed by atoms with E-state index in [4.69, 9.17) is 16.3 Å². The predicted octanol–water partition coefficient (Wildman–Crippen LogP) is 2.41. The first-order chi connectivity index (χ1) is 14.2. The van der Waals surface area contributed by atoms with E-state index in [0.29, 0.717) is 0 Å². The van der Waals surface area contributed by atoms with Crippen molar-refractivity contribution in [1.82, 2.24) is 4.31 Å². The second-order valence-corrected chi connectivity index (χ2v) is 11.1. The van der Waals surface area contributed by atoms with Crippen LogP contribution in [0.2, 0.25) is 5.02 Å². The standard InChI is InChI=1S/C19H21ClN2O6S2/c1-2-29(24,25)17-6-4-3-5-15(17)19(23)21-14-7-8-16(20)18(13-14)30(26,27)22-9-11-28-12-10-22/h3-8,13H,2,9-12H2,1H3,(H,21,23). The molecular weight excluding hydrogens is 452 g/mol. The highest BCUT2D eigenvalue weighted by atomic mass is 35.5. The number of carbonyl (C=O) groups excluding carboxylic acids is 1. The van der Waals surface area contributed by atoms with Crippen molar-refractivity contribution < 1.29 is 26.4 Å². The molecule has 1 heterocycles. The first-order valence-corrected chi connectivity index (χ1v) is 12.6. The van der Waals surface area contributed by atoms with Crippen LogP contribution in [-0.2, 0) is 24.6 Å². The molecule has 0 spiro atoms. The lowest BCUT2D eigenvalue weighted by Gasteiger charge is -2.26. The molecule has 1 amide bonds. The topological polar surface area (TPSA) is 110 Å². The first-order valence-electron chi connectivity index (χ1n) is 9.17. The summed E-state index contributed by atoms with van der Waals surface area (Å²) in [6.07, 6.45) is 0. The van der Waals surface area contributed by atoms with Crippen molar-refractivity contribution in [2.24, 2.45) is 0 Å². The van der Waals surface area contributed by atoms with E-state index in [1.54, 1.807) is 6.07 Å². The largest absolute Gasteiger partial charge is 0.379 e. The summed E-state index contributed by atoms with van der Waals surface area (Å²) >= 11 is 6.13. The van der Waals surface area contributed by atoms with Crippen molar-refractivity contribution in [3.05, 3.63) is 53.1 Å². The van der Waals surface area contributed by atoms with E-state index in [1.165, 1.54) is 47.6 Å². The number of benzene rings is 2. The number of nitrogens with one attached hydrogen (secondary N) is 1. The van der Waals surface area contributed by atoms with Gasteiger partial charge in [-0.1, -0.05) is 30.7 Å². The molecule has 2 aromatic rings. The number of hydrogen-bond acceptors (Lipinski definition) is 6. The lowest BCUT2D eigenvalue weighted by molar-refractivity contribution is 0.0730. The molecule has 1 aliphatic heterocycles. The quantitative estimate of drug-likeness (QED) is 0.691. The van der Waals surface area contributed by atoms with Gasteiger partial charge in [-0.2, -0.15) is 4.31 Å². The average Bonchev–Trinajstić information content (AvgIpc) is 2.75. The molecule has 0 saturated carbocycles. The molecule has 162 valence electrons. The Morgan fingerprint density at radius 3 is 2.40 bits per heavy atom. The molecule has 0 aliphatic carbocycles. The number of halogens is 1. The summed E-state index contributed by atoms with van der Waals surface area (Å²) in [4.78, 5) is 12.5. The van der Waals surface area contributed by atoms with Gasteiger partial charge in [0.2, 0.25) is 10.0 Å². The number of hydrogen-bond donors (Lipinski definition) is 1. The SMILES string of the molecule is CCS(=O)(=O)c1ccccc1C(=O)Nc1ccc(Cl)c(S(=O)(=O)N2CCOCC2)c1. The van der Waals surface area contributed by atoms with Crippen LogP contribution in [0.1, 0.15) is 17.3 Å². The molecule has 1 fully saturated rings. The third-order valence-electron chi connectivity index (χ3n) is 4.62. The molecule has 0 atom stereocenters. The number of ether oxygens (including phenoxy) is 1. The molecule has 1 saturated heterocycles. The number of sulfone groups is 1. The van der Waals surface area contributed by atoms with Gasteiger partial charge in [0.15, 0.2) is 9.84 Å². The summed E-state index contributed by atoms with van der Waals surface area (Å²) in [6, 6.07) is 9.95. The third-order valence-corrected chi connectivity index (χ3v) is 8.79. The summed E-state index contributed by atoms with van der Waals surface area (Å²) in [7, 11) is -7.49. The maximum Gasteiger partial charge on any atom is 0.256 e. The second-order valence-electron chi connectivity index (χ2n) is 6.52. The molecular formula is C19H21ClN2O6S2. The van der Waals surface area contributed by atoms with Gasteiger partial charge in [0.05, 0.1) is 34.4 Å². The molecule has 30 heavy (non-hydrogen) atoms. The fourth-order valence-electron chi connectivity index (χ4n) is 2.98. The molecule has 0 aromatic heterocycles. The minimum atomic E-state index is -3.88. The number of carbonyl (C=O) groups is 1. The van der Waals surface area contributed by atoms with Crippen molar-refractivity contribution in [3.8, 4) is 0 Å². The zero-order valence-corrected chi connectivity index (χ0v) is 18.6. The van der Waals surface area contributed by atoms with Gasteiger partial charge in [-0.25, -0.2) is 16.8 Å². The van der Waals surface area contributed by atoms with Crippen LogP contribution >= 0.6 is 11.6 Å². The Labute approximate surface area is 180 Å². The molecule has 8 nitrogen and oxygen atoms in total. The van der Waals surface area contributed by atoms with Crippen LogP contribution in [0.3, 0.4) is 0 Å². The molecule has 0 unspecified atom stereocenters. The van der Waals surface area contributed by atoms with E-state index >= 15 is 0 Å². The van der Waals surface area contributed by atoms with Gasteiger partial charge in [-0.05, 0) is 30.3 Å². The Morgan fingerprint density at radius 2 is 1.73 bits per heavy atom. The molecule has 11 heteroatoms. The van der Waals surface area contributed by atoms with Crippen LogP contribution in [0.4, 0.5) is 5.69 Å². The number of amides is 1. The lowest BCUT2D eigenvalue weighted by Crippen LogP contribution is -2.40. The maximum atomic E-state index is 12.9. The fraction of sp³-hybridized carbons (Fsp3) is 0.316. The average molecular weight is 473 g/mol. The van der Waals surface area contributed by atoms with Crippen molar-refractivity contribution in [2.45, 2.75) is 16.7 Å². The van der Waals surface area contributed by atoms with Gasteiger partial charge >= 0.3 is 0 Å². The Hall–Kier alpha value is -1.98. The normalized spacial score (nSPS) is 15.7. The first kappa shape index (κ1) is 22.7. The van der Waals surface area contributed by atoms with Crippen molar-refractivity contribution in [2.75, 3.05) is 37.4 Å². The highest BCUT2D eigenvalue weighted by Gasteiger charge is 2.29. The van der Waals surface area contributed by atoms with Crippen LogP contribution in [0.5, 0.6) is 0 Å². The van der Waals surface area contributed by atoms with E-state index in [9.17, 15) is 21.6 Å². The van der Waals surface area contributed by atoms with Crippen LogP contribution in [0, 0.1) is 0 Å². The molecule has 1 aliphatic rings. The van der Waals surface area contributed by atoms with Crippen molar-refractivity contribution in [1.29, 1.82) is 0 Å². The van der Waals surface area contributed by atoms with Gasteiger partial charge in [-0.15, -0.1) is 0 Å². The summed E-state index contributed by atoms with van der Waals surface area (Å²) < 4.78 is 56.9. The number of morpholine rings is 1. The van der Waals surface area contributed by atoms with Crippen LogP contribution < -0.4 is 5.32 Å². The minimum absolute atomic E-state index is 0.0214. The Kier molecular flexibility index (Phi) is 6.83. The Balaban J connectivity index is 1.93. The molecule has 3 rings (SSSR count). The maximum absolute atomic E-state index is 12.9. The monoisotopic (exact) mass is 472 g/mol. The highest BCUT2D eigenvalue weighted by Crippen LogP contribution is 2.29. The van der Waals surface area contributed by atoms with E-state index in [1.807, 2.05) is 0 Å². The van der Waals surface area contributed by atoms with Crippen molar-refractivity contribution >= 4 is 43.1 Å². The summed E-state index contributed by atoms with van der Waals surface area (Å²) in [5.41, 5.74) is 0.159. The summed E-state index contributed by atoms with van der Waals surface area (Å²) in [6.45, 7) is 2.48. The highest BCUT2D eigenvalue weighted by molar-refractivity contribution is 7.91. The van der Waals surface area contributed by atoms with E-state index in [-0.39, 0.29) is 58.1 Å². The second kappa shape index (κ2) is 9.03. The number of sulfonamides is 1. The zero-order valence-electron chi connectivity index (χ0n) is 16.2. The van der Waals surface area contributed by atoms with Crippen LogP contribution in [0.25, 0.3) is 0 Å². The zero-order chi connectivity index (χ0) is 21.9. The smallest absolute Gasteiger partial charge is 0.256 e. The van der Waals surface area contributed by atoms with E-state index < -0.39 is 25.8 Å². The van der Waals surface area contributed by atoms with Crippen LogP contribution in [0.15, 0.2) is 52.3 Å².